The fourth-order valence-electron chi connectivity index (χ4n) is 3.73. The molecule has 0 bridgehead atoms. The van der Waals surface area contributed by atoms with E-state index in [-0.39, 0.29) is 0 Å². The first-order chi connectivity index (χ1) is 10.3. The molecule has 1 aliphatic carbocycles. The van der Waals surface area contributed by atoms with Gasteiger partial charge in [-0.1, -0.05) is 69.9 Å². The Morgan fingerprint density at radius 1 is 1.10 bits per heavy atom. The first-order valence-electron chi connectivity index (χ1n) is 9.08. The summed E-state index contributed by atoms with van der Waals surface area (Å²) in [4.78, 5) is 0. The predicted octanol–water partition coefficient (Wildman–Crippen LogP) is 5.52. The molecule has 1 aromatic rings. The van der Waals surface area contributed by atoms with E-state index in [2.05, 4.69) is 49.5 Å². The molecule has 0 heterocycles. The van der Waals surface area contributed by atoms with Crippen molar-refractivity contribution in [2.75, 3.05) is 6.54 Å². The third-order valence-electron chi connectivity index (χ3n) is 5.16. The van der Waals surface area contributed by atoms with Crippen molar-refractivity contribution in [1.82, 2.24) is 5.32 Å². The lowest BCUT2D eigenvalue weighted by molar-refractivity contribution is 0.407. The van der Waals surface area contributed by atoms with E-state index in [0.29, 0.717) is 5.92 Å². The highest BCUT2D eigenvalue weighted by atomic mass is 14.9. The maximum Gasteiger partial charge on any atom is 0.00671 e. The van der Waals surface area contributed by atoms with Crippen molar-refractivity contribution in [3.8, 4) is 0 Å². The molecule has 3 unspecified atom stereocenters. The molecular weight excluding hydrogens is 254 g/mol. The summed E-state index contributed by atoms with van der Waals surface area (Å²) in [5, 5.41) is 3.82. The Morgan fingerprint density at radius 2 is 1.90 bits per heavy atom. The van der Waals surface area contributed by atoms with Crippen LogP contribution in [0.4, 0.5) is 0 Å². The fourth-order valence-corrected chi connectivity index (χ4v) is 3.73. The number of hydrogen-bond donors (Lipinski definition) is 1. The van der Waals surface area contributed by atoms with Crippen LogP contribution >= 0.6 is 0 Å². The molecular formula is C20H33N. The highest BCUT2D eigenvalue weighted by molar-refractivity contribution is 5.18. The number of nitrogens with one attached hydrogen (secondary N) is 1. The van der Waals surface area contributed by atoms with Crippen molar-refractivity contribution in [2.24, 2.45) is 5.92 Å². The van der Waals surface area contributed by atoms with Gasteiger partial charge in [0.1, 0.15) is 0 Å². The van der Waals surface area contributed by atoms with Crippen LogP contribution in [0.1, 0.15) is 76.7 Å². The van der Waals surface area contributed by atoms with Crippen LogP contribution in [-0.4, -0.2) is 12.6 Å². The molecule has 0 radical (unpaired) electrons. The number of benzene rings is 1. The van der Waals surface area contributed by atoms with Gasteiger partial charge in [-0.15, -0.1) is 0 Å². The van der Waals surface area contributed by atoms with Crippen molar-refractivity contribution in [3.05, 3.63) is 35.9 Å². The lowest BCUT2D eigenvalue weighted by Crippen LogP contribution is -2.30. The Labute approximate surface area is 131 Å². The average Bonchev–Trinajstić information content (AvgIpc) is 2.74. The van der Waals surface area contributed by atoms with E-state index in [4.69, 9.17) is 0 Å². The Morgan fingerprint density at radius 3 is 2.67 bits per heavy atom. The molecule has 3 atom stereocenters. The van der Waals surface area contributed by atoms with Gasteiger partial charge < -0.3 is 5.32 Å². The SMILES string of the molecule is CCCC1CCCC(NCCC(C)c2ccccc2)CC1. The molecule has 1 heteroatoms. The summed E-state index contributed by atoms with van der Waals surface area (Å²) in [5.41, 5.74) is 1.48. The van der Waals surface area contributed by atoms with Gasteiger partial charge in [0.2, 0.25) is 0 Å². The Kier molecular flexibility index (Phi) is 7.29. The second-order valence-electron chi connectivity index (χ2n) is 6.91. The molecule has 118 valence electrons. The second-order valence-corrected chi connectivity index (χ2v) is 6.91. The molecule has 0 saturated heterocycles. The van der Waals surface area contributed by atoms with Crippen molar-refractivity contribution in [1.29, 1.82) is 0 Å². The zero-order valence-corrected chi connectivity index (χ0v) is 14.0. The lowest BCUT2D eigenvalue weighted by Gasteiger charge is -2.19. The van der Waals surface area contributed by atoms with E-state index in [1.165, 1.54) is 63.5 Å². The summed E-state index contributed by atoms with van der Waals surface area (Å²) >= 11 is 0. The molecule has 0 aromatic heterocycles. The molecule has 1 N–H and O–H groups in total. The van der Waals surface area contributed by atoms with Crippen LogP contribution < -0.4 is 5.32 Å². The molecule has 1 aliphatic rings. The molecule has 2 rings (SSSR count). The van der Waals surface area contributed by atoms with Crippen LogP contribution in [0.25, 0.3) is 0 Å². The molecule has 0 spiro atoms. The van der Waals surface area contributed by atoms with Crippen LogP contribution in [0.15, 0.2) is 30.3 Å². The van der Waals surface area contributed by atoms with Crippen molar-refractivity contribution < 1.29 is 0 Å². The monoisotopic (exact) mass is 287 g/mol. The summed E-state index contributed by atoms with van der Waals surface area (Å²) in [6.45, 7) is 5.84. The highest BCUT2D eigenvalue weighted by Crippen LogP contribution is 2.27. The molecule has 1 aromatic carbocycles. The van der Waals surface area contributed by atoms with E-state index in [9.17, 15) is 0 Å². The smallest absolute Gasteiger partial charge is 0.00671 e. The summed E-state index contributed by atoms with van der Waals surface area (Å²) < 4.78 is 0. The van der Waals surface area contributed by atoms with Gasteiger partial charge in [0, 0.05) is 6.04 Å². The quantitative estimate of drug-likeness (QED) is 0.651. The Balaban J connectivity index is 1.66. The lowest BCUT2D eigenvalue weighted by atomic mass is 9.95. The van der Waals surface area contributed by atoms with E-state index in [0.717, 1.165) is 12.0 Å². The third-order valence-corrected chi connectivity index (χ3v) is 5.16. The predicted molar refractivity (Wildman–Crippen MR) is 92.7 cm³/mol. The summed E-state index contributed by atoms with van der Waals surface area (Å²) in [6, 6.07) is 11.7. The molecule has 1 fully saturated rings. The number of rotatable bonds is 7. The van der Waals surface area contributed by atoms with Gasteiger partial charge in [0.15, 0.2) is 0 Å². The molecule has 1 nitrogen and oxygen atoms in total. The average molecular weight is 287 g/mol. The zero-order chi connectivity index (χ0) is 14.9. The van der Waals surface area contributed by atoms with E-state index < -0.39 is 0 Å². The maximum absolute atomic E-state index is 3.82. The first kappa shape index (κ1) is 16.5. The highest BCUT2D eigenvalue weighted by Gasteiger charge is 2.18. The summed E-state index contributed by atoms with van der Waals surface area (Å²) in [6.07, 6.45) is 11.2. The maximum atomic E-state index is 3.82. The van der Waals surface area contributed by atoms with E-state index in [1.54, 1.807) is 0 Å². The van der Waals surface area contributed by atoms with Gasteiger partial charge in [0.25, 0.3) is 0 Å². The second kappa shape index (κ2) is 9.25. The molecule has 21 heavy (non-hydrogen) atoms. The minimum absolute atomic E-state index is 0.664. The van der Waals surface area contributed by atoms with Gasteiger partial charge in [0.05, 0.1) is 0 Å². The van der Waals surface area contributed by atoms with Crippen LogP contribution in [0.5, 0.6) is 0 Å². The van der Waals surface area contributed by atoms with Gasteiger partial charge in [-0.3, -0.25) is 0 Å². The first-order valence-corrected chi connectivity index (χ1v) is 9.08. The van der Waals surface area contributed by atoms with E-state index >= 15 is 0 Å². The molecule has 1 saturated carbocycles. The third kappa shape index (κ3) is 5.82. The van der Waals surface area contributed by atoms with Crippen LogP contribution in [-0.2, 0) is 0 Å². The van der Waals surface area contributed by atoms with Gasteiger partial charge >= 0.3 is 0 Å². The zero-order valence-electron chi connectivity index (χ0n) is 14.0. The topological polar surface area (TPSA) is 12.0 Å². The largest absolute Gasteiger partial charge is 0.314 e. The minimum atomic E-state index is 0.664. The molecule has 0 amide bonds. The van der Waals surface area contributed by atoms with Crippen molar-refractivity contribution in [3.63, 3.8) is 0 Å². The Bertz CT molecular complexity index is 373. The van der Waals surface area contributed by atoms with E-state index in [1.807, 2.05) is 0 Å². The standard InChI is InChI=1S/C20H33N/c1-3-8-18-9-7-12-20(14-13-18)21-16-15-17(2)19-10-5-4-6-11-19/h4-6,10-11,17-18,20-21H,3,7-9,12-16H2,1-2H3. The normalized spacial score (nSPS) is 24.5. The molecule has 0 aliphatic heterocycles. The van der Waals surface area contributed by atoms with Gasteiger partial charge in [-0.25, -0.2) is 0 Å². The fraction of sp³-hybridized carbons (Fsp3) is 0.700. The van der Waals surface area contributed by atoms with Crippen molar-refractivity contribution in [2.45, 2.75) is 77.2 Å². The summed E-state index contributed by atoms with van der Waals surface area (Å²) in [5.74, 6) is 1.67. The van der Waals surface area contributed by atoms with Crippen LogP contribution in [0, 0.1) is 5.92 Å². The van der Waals surface area contributed by atoms with Gasteiger partial charge in [-0.2, -0.15) is 0 Å². The van der Waals surface area contributed by atoms with Crippen molar-refractivity contribution >= 4 is 0 Å². The number of hydrogen-bond acceptors (Lipinski definition) is 1. The Hall–Kier alpha value is -0.820. The van der Waals surface area contributed by atoms with Gasteiger partial charge in [-0.05, 0) is 49.6 Å². The minimum Gasteiger partial charge on any atom is -0.314 e. The van der Waals surface area contributed by atoms with Crippen LogP contribution in [0.3, 0.4) is 0 Å². The van der Waals surface area contributed by atoms with Crippen LogP contribution in [0.2, 0.25) is 0 Å². The summed E-state index contributed by atoms with van der Waals surface area (Å²) in [7, 11) is 0.